The maximum Gasteiger partial charge on any atom is 0.191 e. The van der Waals surface area contributed by atoms with E-state index < -0.39 is 0 Å². The third kappa shape index (κ3) is 5.60. The third-order valence-electron chi connectivity index (χ3n) is 3.87. The van der Waals surface area contributed by atoms with Crippen LogP contribution in [0, 0.1) is 0 Å². The number of ketones is 1. The minimum absolute atomic E-state index is 0.0742. The van der Waals surface area contributed by atoms with Crippen LogP contribution in [-0.2, 0) is 18.6 Å². The van der Waals surface area contributed by atoms with Gasteiger partial charge in [0.05, 0.1) is 11.5 Å². The number of nitrogens with zero attached hydrogens (tertiary/aromatic N) is 3. The normalized spacial score (nSPS) is 10.9. The number of rotatable bonds is 8. The number of carbonyl (C=O) groups is 1. The molecular weight excluding hydrogens is 466 g/mol. The van der Waals surface area contributed by atoms with Gasteiger partial charge < -0.3 is 4.57 Å². The van der Waals surface area contributed by atoms with Crippen LogP contribution < -0.4 is 0 Å². The van der Waals surface area contributed by atoms with Crippen LogP contribution in [0.15, 0.2) is 58.2 Å². The van der Waals surface area contributed by atoms with Crippen molar-refractivity contribution < 1.29 is 4.79 Å². The Kier molecular flexibility index (Phi) is 7.41. The highest BCUT2D eigenvalue weighted by Gasteiger charge is 2.13. The highest BCUT2D eigenvalue weighted by molar-refractivity contribution is 9.10. The molecular formula is C19H17BrClN3OS2. The number of hydrogen-bond donors (Lipinski definition) is 0. The summed E-state index contributed by atoms with van der Waals surface area (Å²) >= 11 is 12.7. The predicted molar refractivity (Wildman–Crippen MR) is 117 cm³/mol. The molecule has 1 aromatic heterocycles. The van der Waals surface area contributed by atoms with E-state index in [0.29, 0.717) is 11.3 Å². The van der Waals surface area contributed by atoms with E-state index in [0.717, 1.165) is 37.5 Å². The zero-order chi connectivity index (χ0) is 19.2. The second kappa shape index (κ2) is 9.78. The van der Waals surface area contributed by atoms with Crippen molar-refractivity contribution in [2.45, 2.75) is 16.7 Å². The first kappa shape index (κ1) is 20.5. The second-order valence-corrected chi connectivity index (χ2v) is 9.01. The lowest BCUT2D eigenvalue weighted by molar-refractivity contribution is 0.102. The highest BCUT2D eigenvalue weighted by atomic mass is 79.9. The van der Waals surface area contributed by atoms with Gasteiger partial charge in [-0.05, 0) is 23.8 Å². The summed E-state index contributed by atoms with van der Waals surface area (Å²) in [5, 5.41) is 10.00. The minimum Gasteiger partial charge on any atom is -0.308 e. The summed E-state index contributed by atoms with van der Waals surface area (Å²) in [5.41, 5.74) is 1.81. The summed E-state index contributed by atoms with van der Waals surface area (Å²) in [6.07, 6.45) is 0. The molecule has 0 spiro atoms. The van der Waals surface area contributed by atoms with Gasteiger partial charge in [0.1, 0.15) is 5.82 Å². The molecule has 0 aliphatic rings. The van der Waals surface area contributed by atoms with Crippen LogP contribution in [0.5, 0.6) is 0 Å². The zero-order valence-corrected chi connectivity index (χ0v) is 18.5. The topological polar surface area (TPSA) is 47.8 Å². The molecule has 0 N–H and O–H groups in total. The number of benzene rings is 2. The third-order valence-corrected chi connectivity index (χ3v) is 6.77. The van der Waals surface area contributed by atoms with Gasteiger partial charge in [0.25, 0.3) is 0 Å². The molecule has 3 aromatic rings. The minimum atomic E-state index is 0.0742. The van der Waals surface area contributed by atoms with Crippen LogP contribution in [-0.4, -0.2) is 26.3 Å². The summed E-state index contributed by atoms with van der Waals surface area (Å²) in [6.45, 7) is 0. The molecule has 0 radical (unpaired) electrons. The predicted octanol–water partition coefficient (Wildman–Crippen LogP) is 5.64. The molecule has 27 heavy (non-hydrogen) atoms. The van der Waals surface area contributed by atoms with Gasteiger partial charge in [0.2, 0.25) is 0 Å². The Balaban J connectivity index is 1.53. The van der Waals surface area contributed by atoms with Gasteiger partial charge in [0.15, 0.2) is 10.9 Å². The average Bonchev–Trinajstić information content (AvgIpc) is 3.02. The van der Waals surface area contributed by atoms with Crippen molar-refractivity contribution in [1.29, 1.82) is 0 Å². The summed E-state index contributed by atoms with van der Waals surface area (Å²) in [5.74, 6) is 2.84. The Morgan fingerprint density at radius 1 is 1.11 bits per heavy atom. The lowest BCUT2D eigenvalue weighted by Gasteiger charge is -2.05. The van der Waals surface area contributed by atoms with Crippen molar-refractivity contribution in [3.63, 3.8) is 0 Å². The first-order chi connectivity index (χ1) is 13.0. The fourth-order valence-corrected chi connectivity index (χ4v) is 4.69. The van der Waals surface area contributed by atoms with Gasteiger partial charge in [-0.25, -0.2) is 0 Å². The fraction of sp³-hybridized carbons (Fsp3) is 0.211. The van der Waals surface area contributed by atoms with E-state index in [1.807, 2.05) is 60.1 Å². The smallest absolute Gasteiger partial charge is 0.191 e. The first-order valence-electron chi connectivity index (χ1n) is 8.15. The molecule has 0 fully saturated rings. The number of aromatic nitrogens is 3. The van der Waals surface area contributed by atoms with Crippen LogP contribution in [0.25, 0.3) is 0 Å². The Morgan fingerprint density at radius 3 is 2.59 bits per heavy atom. The monoisotopic (exact) mass is 481 g/mol. The molecule has 1 heterocycles. The zero-order valence-electron chi connectivity index (χ0n) is 14.6. The van der Waals surface area contributed by atoms with E-state index in [1.54, 1.807) is 11.8 Å². The van der Waals surface area contributed by atoms with Crippen molar-refractivity contribution >= 4 is 56.8 Å². The standard InChI is InChI=1S/C19H17BrClN3OS2/c1-24-18(12-26-10-14-4-2-3-5-16(14)21)22-23-19(24)27-11-17(25)13-6-8-15(20)9-7-13/h2-9H,10-12H2,1H3. The van der Waals surface area contributed by atoms with Gasteiger partial charge >= 0.3 is 0 Å². The lowest BCUT2D eigenvalue weighted by atomic mass is 10.2. The molecule has 140 valence electrons. The molecule has 0 amide bonds. The number of Topliss-reactive ketones (excluding diaryl/α,β-unsaturated/α-hetero) is 1. The second-order valence-electron chi connectivity index (χ2n) is 5.76. The SMILES string of the molecule is Cn1c(CSCc2ccccc2Cl)nnc1SCC(=O)c1ccc(Br)cc1. The molecule has 0 bridgehead atoms. The Hall–Kier alpha value is -1.28. The van der Waals surface area contributed by atoms with Crippen LogP contribution in [0.3, 0.4) is 0 Å². The van der Waals surface area contributed by atoms with E-state index in [-0.39, 0.29) is 5.78 Å². The molecule has 4 nitrogen and oxygen atoms in total. The van der Waals surface area contributed by atoms with E-state index in [2.05, 4.69) is 26.1 Å². The number of halogens is 2. The molecule has 0 saturated carbocycles. The Bertz CT molecular complexity index is 931. The summed E-state index contributed by atoms with van der Waals surface area (Å²) in [7, 11) is 1.93. The lowest BCUT2D eigenvalue weighted by Crippen LogP contribution is -2.04. The molecule has 0 aliphatic carbocycles. The largest absolute Gasteiger partial charge is 0.308 e. The summed E-state index contributed by atoms with van der Waals surface area (Å²) < 4.78 is 2.90. The van der Waals surface area contributed by atoms with Gasteiger partial charge in [-0.2, -0.15) is 0 Å². The van der Waals surface area contributed by atoms with Crippen molar-refractivity contribution in [1.82, 2.24) is 14.8 Å². The molecule has 0 atom stereocenters. The Labute approximate surface area is 180 Å². The summed E-state index contributed by atoms with van der Waals surface area (Å²) in [6, 6.07) is 15.2. The van der Waals surface area contributed by atoms with Crippen molar-refractivity contribution in [3.05, 3.63) is 75.0 Å². The molecule has 0 aliphatic heterocycles. The van der Waals surface area contributed by atoms with Gasteiger partial charge in [-0.3, -0.25) is 4.79 Å². The van der Waals surface area contributed by atoms with Crippen LogP contribution in [0.4, 0.5) is 0 Å². The number of hydrogen-bond acceptors (Lipinski definition) is 5. The van der Waals surface area contributed by atoms with Crippen LogP contribution >= 0.6 is 51.1 Å². The number of thioether (sulfide) groups is 2. The molecule has 2 aromatic carbocycles. The van der Waals surface area contributed by atoms with Crippen molar-refractivity contribution in [3.8, 4) is 0 Å². The van der Waals surface area contributed by atoms with Crippen molar-refractivity contribution in [2.24, 2.45) is 7.05 Å². The molecule has 8 heteroatoms. The van der Waals surface area contributed by atoms with Crippen molar-refractivity contribution in [2.75, 3.05) is 5.75 Å². The van der Waals surface area contributed by atoms with E-state index in [1.165, 1.54) is 11.8 Å². The van der Waals surface area contributed by atoms with E-state index >= 15 is 0 Å². The first-order valence-corrected chi connectivity index (χ1v) is 11.5. The molecule has 0 saturated heterocycles. The van der Waals surface area contributed by atoms with E-state index in [9.17, 15) is 4.79 Å². The van der Waals surface area contributed by atoms with Gasteiger partial charge in [-0.1, -0.05) is 69.6 Å². The van der Waals surface area contributed by atoms with E-state index in [4.69, 9.17) is 11.6 Å². The maximum atomic E-state index is 12.3. The van der Waals surface area contributed by atoms with Gasteiger partial charge in [0, 0.05) is 27.9 Å². The van der Waals surface area contributed by atoms with Crippen LogP contribution in [0.1, 0.15) is 21.7 Å². The molecule has 0 unspecified atom stereocenters. The fourth-order valence-electron chi connectivity index (χ4n) is 2.31. The quantitative estimate of drug-likeness (QED) is 0.307. The van der Waals surface area contributed by atoms with Gasteiger partial charge in [-0.15, -0.1) is 22.0 Å². The summed E-state index contributed by atoms with van der Waals surface area (Å²) in [4.78, 5) is 12.3. The highest BCUT2D eigenvalue weighted by Crippen LogP contribution is 2.24. The molecule has 3 rings (SSSR count). The van der Waals surface area contributed by atoms with Crippen LogP contribution in [0.2, 0.25) is 5.02 Å². The number of carbonyl (C=O) groups excluding carboxylic acids is 1. The maximum absolute atomic E-state index is 12.3. The average molecular weight is 483 g/mol. The Morgan fingerprint density at radius 2 is 1.85 bits per heavy atom.